The molecule has 5 heteroatoms. The zero-order valence-electron chi connectivity index (χ0n) is 10.3. The maximum Gasteiger partial charge on any atom is 0.0929 e. The van der Waals surface area contributed by atoms with Gasteiger partial charge in [0.2, 0.25) is 0 Å². The Morgan fingerprint density at radius 2 is 1.71 bits per heavy atom. The Balaban J connectivity index is 3.87. The Morgan fingerprint density at radius 3 is 2.18 bits per heavy atom. The SMILES string of the molecule is C=CCNN(CC(O)COCC=C)NCC=C. The largest absolute Gasteiger partial charge is 0.389 e. The summed E-state index contributed by atoms with van der Waals surface area (Å²) >= 11 is 0. The van der Waals surface area contributed by atoms with Crippen LogP contribution in [0.3, 0.4) is 0 Å². The molecule has 0 amide bonds. The second-order valence-electron chi connectivity index (χ2n) is 3.39. The molecule has 0 heterocycles. The minimum absolute atomic E-state index is 0.272. The van der Waals surface area contributed by atoms with E-state index in [4.69, 9.17) is 4.74 Å². The summed E-state index contributed by atoms with van der Waals surface area (Å²) in [6.45, 7) is 13.1. The van der Waals surface area contributed by atoms with Crippen molar-refractivity contribution in [3.05, 3.63) is 38.0 Å². The molecular weight excluding hydrogens is 218 g/mol. The van der Waals surface area contributed by atoms with E-state index >= 15 is 0 Å². The molecule has 0 aromatic heterocycles. The summed E-state index contributed by atoms with van der Waals surface area (Å²) in [5, 5.41) is 11.4. The van der Waals surface area contributed by atoms with E-state index in [2.05, 4.69) is 30.6 Å². The number of hydrogen-bond donors (Lipinski definition) is 3. The summed E-state index contributed by atoms with van der Waals surface area (Å²) in [6.07, 6.45) is 4.55. The molecule has 1 unspecified atom stereocenters. The molecule has 0 rings (SSSR count). The third-order valence-corrected chi connectivity index (χ3v) is 1.79. The summed E-state index contributed by atoms with van der Waals surface area (Å²) < 4.78 is 5.16. The molecule has 0 bridgehead atoms. The van der Waals surface area contributed by atoms with Gasteiger partial charge in [-0.1, -0.05) is 18.2 Å². The number of nitrogens with one attached hydrogen (secondary N) is 2. The van der Waals surface area contributed by atoms with Gasteiger partial charge in [-0.15, -0.1) is 19.7 Å². The fourth-order valence-electron chi connectivity index (χ4n) is 1.09. The molecule has 1 atom stereocenters. The minimum atomic E-state index is -0.579. The first kappa shape index (κ1) is 16.0. The monoisotopic (exact) mass is 241 g/mol. The van der Waals surface area contributed by atoms with E-state index in [9.17, 15) is 5.11 Å². The van der Waals surface area contributed by atoms with Crippen molar-refractivity contribution >= 4 is 0 Å². The van der Waals surface area contributed by atoms with Crippen LogP contribution >= 0.6 is 0 Å². The van der Waals surface area contributed by atoms with Gasteiger partial charge in [0.05, 0.1) is 25.9 Å². The van der Waals surface area contributed by atoms with Crippen molar-refractivity contribution in [3.63, 3.8) is 0 Å². The Hall–Kier alpha value is -0.980. The standard InChI is InChI=1S/C12H23N3O2/c1-4-7-13-15(14-8-5-2)10-12(16)11-17-9-6-3/h4-6,12-14,16H,1-3,7-11H2. The van der Waals surface area contributed by atoms with E-state index in [1.54, 1.807) is 23.3 Å². The lowest BCUT2D eigenvalue weighted by Gasteiger charge is -2.25. The minimum Gasteiger partial charge on any atom is -0.389 e. The van der Waals surface area contributed by atoms with Crippen molar-refractivity contribution in [2.45, 2.75) is 6.10 Å². The summed E-state index contributed by atoms with van der Waals surface area (Å²) in [5.74, 6) is 0. The van der Waals surface area contributed by atoms with Gasteiger partial charge in [-0.25, -0.2) is 10.9 Å². The van der Waals surface area contributed by atoms with Crippen molar-refractivity contribution in [2.75, 3.05) is 32.8 Å². The highest BCUT2D eigenvalue weighted by Gasteiger charge is 2.10. The average Bonchev–Trinajstić information content (AvgIpc) is 2.33. The van der Waals surface area contributed by atoms with Crippen LogP contribution in [0.1, 0.15) is 0 Å². The molecule has 0 radical (unpaired) electrons. The molecular formula is C12H23N3O2. The average molecular weight is 241 g/mol. The van der Waals surface area contributed by atoms with Gasteiger partial charge in [0, 0.05) is 13.1 Å². The van der Waals surface area contributed by atoms with Crippen LogP contribution in [0, 0.1) is 0 Å². The van der Waals surface area contributed by atoms with E-state index in [1.807, 2.05) is 0 Å². The fourth-order valence-corrected chi connectivity index (χ4v) is 1.09. The number of nitrogens with zero attached hydrogens (tertiary/aromatic N) is 1. The molecule has 5 nitrogen and oxygen atoms in total. The molecule has 0 aliphatic carbocycles. The first-order valence-corrected chi connectivity index (χ1v) is 5.57. The summed E-state index contributed by atoms with van der Waals surface area (Å²) in [5.41, 5.74) is 6.09. The van der Waals surface area contributed by atoms with Gasteiger partial charge in [-0.05, 0) is 0 Å². The van der Waals surface area contributed by atoms with Crippen molar-refractivity contribution < 1.29 is 9.84 Å². The second-order valence-corrected chi connectivity index (χ2v) is 3.39. The van der Waals surface area contributed by atoms with Gasteiger partial charge in [0.1, 0.15) is 0 Å². The molecule has 0 fully saturated rings. The molecule has 17 heavy (non-hydrogen) atoms. The van der Waals surface area contributed by atoms with E-state index in [-0.39, 0.29) is 6.61 Å². The third-order valence-electron chi connectivity index (χ3n) is 1.79. The van der Waals surface area contributed by atoms with E-state index in [1.165, 1.54) is 0 Å². The van der Waals surface area contributed by atoms with Crippen LogP contribution in [-0.2, 0) is 4.74 Å². The number of hydrazine groups is 2. The molecule has 0 aliphatic heterocycles. The normalized spacial score (nSPS) is 12.4. The number of aliphatic hydroxyl groups is 1. The van der Waals surface area contributed by atoms with Crippen LogP contribution < -0.4 is 10.9 Å². The van der Waals surface area contributed by atoms with Crippen LogP contribution in [0.4, 0.5) is 0 Å². The Bertz CT molecular complexity index is 210. The van der Waals surface area contributed by atoms with Crippen LogP contribution in [0.25, 0.3) is 0 Å². The highest BCUT2D eigenvalue weighted by molar-refractivity contribution is 4.72. The highest BCUT2D eigenvalue weighted by Crippen LogP contribution is 1.89. The maximum atomic E-state index is 9.71. The zero-order chi connectivity index (χ0) is 12.9. The lowest BCUT2D eigenvalue weighted by molar-refractivity contribution is -0.000923. The Morgan fingerprint density at radius 1 is 1.12 bits per heavy atom. The molecule has 0 aliphatic rings. The second kappa shape index (κ2) is 11.5. The van der Waals surface area contributed by atoms with Crippen molar-refractivity contribution in [2.24, 2.45) is 0 Å². The predicted octanol–water partition coefficient (Wildman–Crippen LogP) is 0.233. The maximum absolute atomic E-state index is 9.71. The molecule has 0 saturated heterocycles. The van der Waals surface area contributed by atoms with Gasteiger partial charge in [0.15, 0.2) is 0 Å². The van der Waals surface area contributed by atoms with Gasteiger partial charge in [0.25, 0.3) is 0 Å². The number of hydrogen-bond acceptors (Lipinski definition) is 5. The number of ether oxygens (including phenoxy) is 1. The van der Waals surface area contributed by atoms with E-state index in [0.29, 0.717) is 26.2 Å². The molecule has 98 valence electrons. The molecule has 0 aromatic carbocycles. The van der Waals surface area contributed by atoms with E-state index < -0.39 is 6.10 Å². The number of rotatable bonds is 12. The van der Waals surface area contributed by atoms with Gasteiger partial charge >= 0.3 is 0 Å². The lowest BCUT2D eigenvalue weighted by atomic mass is 10.4. The Kier molecular flexibility index (Phi) is 10.8. The quantitative estimate of drug-likeness (QED) is 0.259. The molecule has 0 spiro atoms. The molecule has 0 saturated carbocycles. The predicted molar refractivity (Wildman–Crippen MR) is 70.1 cm³/mol. The summed E-state index contributed by atoms with van der Waals surface area (Å²) in [6, 6.07) is 0. The van der Waals surface area contributed by atoms with Crippen LogP contribution in [-0.4, -0.2) is 49.2 Å². The zero-order valence-corrected chi connectivity index (χ0v) is 10.3. The summed E-state index contributed by atoms with van der Waals surface area (Å²) in [7, 11) is 0. The third kappa shape index (κ3) is 9.92. The molecule has 0 aromatic rings. The fraction of sp³-hybridized carbons (Fsp3) is 0.500. The van der Waals surface area contributed by atoms with Crippen LogP contribution in [0.15, 0.2) is 38.0 Å². The smallest absolute Gasteiger partial charge is 0.0929 e. The first-order chi connectivity index (χ1) is 8.24. The Labute approximate surface area is 103 Å². The highest BCUT2D eigenvalue weighted by atomic mass is 16.5. The van der Waals surface area contributed by atoms with Crippen LogP contribution in [0.2, 0.25) is 0 Å². The van der Waals surface area contributed by atoms with Gasteiger partial charge in [-0.2, -0.15) is 5.12 Å². The van der Waals surface area contributed by atoms with Crippen molar-refractivity contribution in [1.29, 1.82) is 0 Å². The number of aliphatic hydroxyl groups excluding tert-OH is 1. The topological polar surface area (TPSA) is 56.8 Å². The first-order valence-electron chi connectivity index (χ1n) is 5.57. The lowest BCUT2D eigenvalue weighted by Crippen LogP contribution is -2.52. The van der Waals surface area contributed by atoms with Crippen molar-refractivity contribution in [3.8, 4) is 0 Å². The van der Waals surface area contributed by atoms with E-state index in [0.717, 1.165) is 0 Å². The van der Waals surface area contributed by atoms with Crippen molar-refractivity contribution in [1.82, 2.24) is 16.0 Å². The van der Waals surface area contributed by atoms with Gasteiger partial charge in [-0.3, -0.25) is 0 Å². The van der Waals surface area contributed by atoms with Crippen LogP contribution in [0.5, 0.6) is 0 Å². The van der Waals surface area contributed by atoms with Gasteiger partial charge < -0.3 is 9.84 Å². The molecule has 3 N–H and O–H groups in total. The summed E-state index contributed by atoms with van der Waals surface area (Å²) in [4.78, 5) is 0.